The van der Waals surface area contributed by atoms with E-state index >= 15 is 0 Å². The van der Waals surface area contributed by atoms with Gasteiger partial charge in [0.15, 0.2) is 0 Å². The standard InChI is InChI=1S/C31H46B2O4/c1-3-5-7-9-11-13-19-31(20-14-12-10-8-6-4-2)29-23-25(32(34)35)15-17-27(29)28-18-16-26(24-30(28)31)33-36-21-22-37-33/h15-18,23-24,34-35H,3-14,19-22H2,1-2H3. The summed E-state index contributed by atoms with van der Waals surface area (Å²) in [6.45, 7) is 5.82. The molecule has 1 saturated heterocycles. The minimum atomic E-state index is -1.45. The van der Waals surface area contributed by atoms with E-state index in [0.29, 0.717) is 18.7 Å². The van der Waals surface area contributed by atoms with Crippen molar-refractivity contribution in [1.82, 2.24) is 0 Å². The van der Waals surface area contributed by atoms with Gasteiger partial charge in [0.2, 0.25) is 0 Å². The zero-order chi connectivity index (χ0) is 26.1. The SMILES string of the molecule is CCCCCCCCC1(CCCCCCCC)c2cc(B(O)O)ccc2-c2ccc(B3OCCO3)cc21. The molecule has 0 radical (unpaired) electrons. The van der Waals surface area contributed by atoms with E-state index in [0.717, 1.165) is 18.3 Å². The van der Waals surface area contributed by atoms with E-state index in [9.17, 15) is 10.0 Å². The Morgan fingerprint density at radius 1 is 0.703 bits per heavy atom. The zero-order valence-corrected chi connectivity index (χ0v) is 23.1. The highest BCUT2D eigenvalue weighted by atomic mass is 16.6. The number of hydrogen-bond donors (Lipinski definition) is 2. The molecular weight excluding hydrogens is 458 g/mol. The maximum absolute atomic E-state index is 10.0. The fraction of sp³-hybridized carbons (Fsp3) is 0.613. The van der Waals surface area contributed by atoms with Crippen molar-refractivity contribution in [2.45, 2.75) is 109 Å². The summed E-state index contributed by atoms with van der Waals surface area (Å²) >= 11 is 0. The second-order valence-corrected chi connectivity index (χ2v) is 11.2. The molecule has 0 saturated carbocycles. The Morgan fingerprint density at radius 2 is 1.22 bits per heavy atom. The summed E-state index contributed by atoms with van der Waals surface area (Å²) in [5.74, 6) is 0. The minimum absolute atomic E-state index is 0.111. The van der Waals surface area contributed by atoms with Crippen LogP contribution < -0.4 is 10.9 Å². The lowest BCUT2D eigenvalue weighted by Gasteiger charge is -2.33. The van der Waals surface area contributed by atoms with Crippen LogP contribution in [-0.2, 0) is 14.7 Å². The van der Waals surface area contributed by atoms with E-state index in [1.54, 1.807) is 0 Å². The molecule has 0 unspecified atom stereocenters. The average Bonchev–Trinajstić information content (AvgIpc) is 3.54. The van der Waals surface area contributed by atoms with Gasteiger partial charge in [-0.25, -0.2) is 0 Å². The fourth-order valence-corrected chi connectivity index (χ4v) is 6.47. The van der Waals surface area contributed by atoms with Gasteiger partial charge in [-0.1, -0.05) is 127 Å². The largest absolute Gasteiger partial charge is 0.494 e. The maximum Gasteiger partial charge on any atom is 0.494 e. The molecular formula is C31H46B2O4. The summed E-state index contributed by atoms with van der Waals surface area (Å²) in [5, 5.41) is 20.1. The van der Waals surface area contributed by atoms with Gasteiger partial charge in [0, 0.05) is 5.41 Å². The van der Waals surface area contributed by atoms with Gasteiger partial charge in [-0.05, 0) is 46.0 Å². The van der Waals surface area contributed by atoms with Crippen molar-refractivity contribution >= 4 is 25.2 Å². The van der Waals surface area contributed by atoms with Crippen LogP contribution in [0.1, 0.15) is 115 Å². The summed E-state index contributed by atoms with van der Waals surface area (Å²) in [6, 6.07) is 12.8. The summed E-state index contributed by atoms with van der Waals surface area (Å²) in [5.41, 5.74) is 6.77. The first-order chi connectivity index (χ1) is 18.1. The number of hydrogen-bond acceptors (Lipinski definition) is 4. The lowest BCUT2D eigenvalue weighted by molar-refractivity contribution is 0.365. The molecule has 2 N–H and O–H groups in total. The maximum atomic E-state index is 10.0. The average molecular weight is 504 g/mol. The molecule has 37 heavy (non-hydrogen) atoms. The zero-order valence-electron chi connectivity index (χ0n) is 23.1. The Morgan fingerprint density at radius 3 is 1.78 bits per heavy atom. The van der Waals surface area contributed by atoms with Crippen molar-refractivity contribution in [3.8, 4) is 11.1 Å². The van der Waals surface area contributed by atoms with Crippen LogP contribution in [-0.4, -0.2) is 37.5 Å². The quantitative estimate of drug-likeness (QED) is 0.222. The molecule has 6 heteroatoms. The number of rotatable bonds is 16. The Hall–Kier alpha value is -1.59. The van der Waals surface area contributed by atoms with Gasteiger partial charge < -0.3 is 19.4 Å². The van der Waals surface area contributed by atoms with Crippen molar-refractivity contribution in [3.63, 3.8) is 0 Å². The Labute approximate surface area is 225 Å². The van der Waals surface area contributed by atoms with Crippen LogP contribution in [0.15, 0.2) is 36.4 Å². The van der Waals surface area contributed by atoms with Crippen LogP contribution in [0.25, 0.3) is 11.1 Å². The molecule has 1 aliphatic heterocycles. The van der Waals surface area contributed by atoms with Gasteiger partial charge in [0.05, 0.1) is 13.2 Å². The molecule has 4 nitrogen and oxygen atoms in total. The van der Waals surface area contributed by atoms with Crippen molar-refractivity contribution < 1.29 is 19.4 Å². The summed E-state index contributed by atoms with van der Waals surface area (Å²) in [4.78, 5) is 0. The van der Waals surface area contributed by atoms with Gasteiger partial charge in [0.1, 0.15) is 0 Å². The molecule has 200 valence electrons. The van der Waals surface area contributed by atoms with E-state index in [2.05, 4.69) is 44.2 Å². The fourth-order valence-electron chi connectivity index (χ4n) is 6.47. The third kappa shape index (κ3) is 6.71. The van der Waals surface area contributed by atoms with E-state index in [-0.39, 0.29) is 12.5 Å². The first-order valence-electron chi connectivity index (χ1n) is 15.0. The van der Waals surface area contributed by atoms with Crippen LogP contribution in [0.2, 0.25) is 0 Å². The molecule has 2 aromatic carbocycles. The smallest absolute Gasteiger partial charge is 0.423 e. The number of unbranched alkanes of at least 4 members (excludes halogenated alkanes) is 10. The van der Waals surface area contributed by atoms with E-state index in [1.807, 2.05) is 6.07 Å². The molecule has 4 rings (SSSR count). The third-order valence-corrected chi connectivity index (χ3v) is 8.51. The van der Waals surface area contributed by atoms with Gasteiger partial charge in [-0.3, -0.25) is 0 Å². The summed E-state index contributed by atoms with van der Waals surface area (Å²) < 4.78 is 11.8. The molecule has 0 amide bonds. The molecule has 1 heterocycles. The van der Waals surface area contributed by atoms with Crippen molar-refractivity contribution in [2.75, 3.05) is 13.2 Å². The summed E-state index contributed by atoms with van der Waals surface area (Å²) in [6.07, 6.45) is 17.4. The van der Waals surface area contributed by atoms with Gasteiger partial charge >= 0.3 is 14.2 Å². The van der Waals surface area contributed by atoms with Crippen LogP contribution in [0.3, 0.4) is 0 Å². The van der Waals surface area contributed by atoms with Gasteiger partial charge in [-0.2, -0.15) is 0 Å². The van der Waals surface area contributed by atoms with Crippen LogP contribution in [0, 0.1) is 0 Å². The van der Waals surface area contributed by atoms with E-state index < -0.39 is 7.12 Å². The molecule has 0 atom stereocenters. The second-order valence-electron chi connectivity index (χ2n) is 11.2. The topological polar surface area (TPSA) is 58.9 Å². The lowest BCUT2D eigenvalue weighted by atomic mass is 9.67. The van der Waals surface area contributed by atoms with Crippen molar-refractivity contribution in [2.24, 2.45) is 0 Å². The third-order valence-electron chi connectivity index (χ3n) is 8.51. The molecule has 0 bridgehead atoms. The molecule has 2 aromatic rings. The molecule has 1 fully saturated rings. The Kier molecular flexibility index (Phi) is 10.7. The van der Waals surface area contributed by atoms with Crippen molar-refractivity contribution in [3.05, 3.63) is 47.5 Å². The summed E-state index contributed by atoms with van der Waals surface area (Å²) in [7, 11) is -1.74. The second kappa shape index (κ2) is 14.0. The van der Waals surface area contributed by atoms with E-state index in [4.69, 9.17) is 9.31 Å². The highest BCUT2D eigenvalue weighted by Gasteiger charge is 2.43. The highest BCUT2D eigenvalue weighted by Crippen LogP contribution is 2.53. The predicted molar refractivity (Wildman–Crippen MR) is 156 cm³/mol. The Balaban J connectivity index is 1.68. The van der Waals surface area contributed by atoms with Crippen molar-refractivity contribution in [1.29, 1.82) is 0 Å². The lowest BCUT2D eigenvalue weighted by Crippen LogP contribution is -2.35. The van der Waals surface area contributed by atoms with Gasteiger partial charge in [0.25, 0.3) is 0 Å². The van der Waals surface area contributed by atoms with Crippen LogP contribution in [0.4, 0.5) is 0 Å². The first kappa shape index (κ1) is 28.4. The van der Waals surface area contributed by atoms with Crippen LogP contribution in [0.5, 0.6) is 0 Å². The van der Waals surface area contributed by atoms with E-state index in [1.165, 1.54) is 99.3 Å². The monoisotopic (exact) mass is 504 g/mol. The normalized spacial score (nSPS) is 15.7. The molecule has 0 spiro atoms. The first-order valence-corrected chi connectivity index (χ1v) is 15.0. The molecule has 1 aliphatic carbocycles. The highest BCUT2D eigenvalue weighted by molar-refractivity contribution is 6.61. The van der Waals surface area contributed by atoms with Crippen LogP contribution >= 0.6 is 0 Å². The predicted octanol–water partition coefficient (Wildman–Crippen LogP) is 5.88. The Bertz CT molecular complexity index is 971. The number of fused-ring (bicyclic) bond motifs is 3. The van der Waals surface area contributed by atoms with Gasteiger partial charge in [-0.15, -0.1) is 0 Å². The number of benzene rings is 2. The molecule has 0 aromatic heterocycles. The molecule has 2 aliphatic rings. The minimum Gasteiger partial charge on any atom is -0.423 e.